The molecule has 2 N–H and O–H groups in total. The van der Waals surface area contributed by atoms with Crippen molar-refractivity contribution in [2.24, 2.45) is 5.92 Å². The van der Waals surface area contributed by atoms with Gasteiger partial charge in [0.05, 0.1) is 0 Å². The zero-order valence-electron chi connectivity index (χ0n) is 12.2. The Kier molecular flexibility index (Phi) is 5.79. The molecule has 6 heteroatoms. The third-order valence-corrected chi connectivity index (χ3v) is 4.11. The molecule has 1 unspecified atom stereocenters. The minimum Gasteiger partial charge on any atom is -0.375 e. The van der Waals surface area contributed by atoms with Crippen LogP contribution in [0.25, 0.3) is 0 Å². The van der Waals surface area contributed by atoms with Crippen LogP contribution in [0, 0.1) is 5.92 Å². The number of ether oxygens (including phenoxy) is 1. The second-order valence-electron chi connectivity index (χ2n) is 5.72. The summed E-state index contributed by atoms with van der Waals surface area (Å²) in [5, 5.41) is 6.23. The molecule has 1 atom stereocenters. The molecular weight excluding hydrogens is 258 g/mol. The molecule has 0 aromatic heterocycles. The van der Waals surface area contributed by atoms with Crippen molar-refractivity contribution in [3.63, 3.8) is 0 Å². The Morgan fingerprint density at radius 1 is 1.30 bits per heavy atom. The minimum atomic E-state index is -0.0747. The monoisotopic (exact) mass is 283 g/mol. The first-order chi connectivity index (χ1) is 9.69. The van der Waals surface area contributed by atoms with Crippen LogP contribution in [-0.2, 0) is 14.3 Å². The first kappa shape index (κ1) is 15.3. The normalized spacial score (nSPS) is 23.9. The SMILES string of the molecule is COCC(=O)NC1CCN(C(=O)CC2CCNC2)CC1. The first-order valence-electron chi connectivity index (χ1n) is 7.46. The van der Waals surface area contributed by atoms with E-state index in [0.29, 0.717) is 12.3 Å². The Morgan fingerprint density at radius 3 is 2.65 bits per heavy atom. The van der Waals surface area contributed by atoms with Crippen molar-refractivity contribution in [1.82, 2.24) is 15.5 Å². The highest BCUT2D eigenvalue weighted by atomic mass is 16.5. The van der Waals surface area contributed by atoms with Gasteiger partial charge in [0, 0.05) is 32.7 Å². The van der Waals surface area contributed by atoms with Crippen LogP contribution in [0.3, 0.4) is 0 Å². The summed E-state index contributed by atoms with van der Waals surface area (Å²) in [7, 11) is 1.51. The van der Waals surface area contributed by atoms with Crippen LogP contribution in [0.2, 0.25) is 0 Å². The molecule has 0 spiro atoms. The third-order valence-electron chi connectivity index (χ3n) is 4.11. The Labute approximate surface area is 120 Å². The molecule has 0 saturated carbocycles. The van der Waals surface area contributed by atoms with Gasteiger partial charge in [-0.2, -0.15) is 0 Å². The fourth-order valence-corrected chi connectivity index (χ4v) is 2.94. The molecule has 0 radical (unpaired) electrons. The maximum absolute atomic E-state index is 12.2. The lowest BCUT2D eigenvalue weighted by molar-refractivity contribution is -0.133. The number of rotatable bonds is 5. The molecule has 2 rings (SSSR count). The molecule has 0 aliphatic carbocycles. The van der Waals surface area contributed by atoms with E-state index < -0.39 is 0 Å². The second-order valence-corrected chi connectivity index (χ2v) is 5.72. The number of likely N-dealkylation sites (tertiary alicyclic amines) is 1. The maximum atomic E-state index is 12.2. The molecule has 2 aliphatic rings. The van der Waals surface area contributed by atoms with Crippen LogP contribution in [0.5, 0.6) is 0 Å². The molecule has 2 heterocycles. The number of amides is 2. The minimum absolute atomic E-state index is 0.0747. The molecule has 0 aromatic rings. The predicted octanol–water partition coefficient (Wildman–Crippen LogP) is -0.260. The van der Waals surface area contributed by atoms with Gasteiger partial charge in [0.15, 0.2) is 0 Å². The number of piperidine rings is 1. The lowest BCUT2D eigenvalue weighted by atomic mass is 10.0. The average molecular weight is 283 g/mol. The van der Waals surface area contributed by atoms with Crippen LogP contribution in [0.4, 0.5) is 0 Å². The highest BCUT2D eigenvalue weighted by Gasteiger charge is 2.26. The molecule has 0 aromatic carbocycles. The van der Waals surface area contributed by atoms with E-state index in [0.717, 1.165) is 45.4 Å². The molecule has 2 amide bonds. The van der Waals surface area contributed by atoms with Crippen molar-refractivity contribution in [1.29, 1.82) is 0 Å². The van der Waals surface area contributed by atoms with Gasteiger partial charge in [-0.1, -0.05) is 0 Å². The molecule has 20 heavy (non-hydrogen) atoms. The topological polar surface area (TPSA) is 70.7 Å². The van der Waals surface area contributed by atoms with Crippen LogP contribution >= 0.6 is 0 Å². The van der Waals surface area contributed by atoms with Crippen molar-refractivity contribution < 1.29 is 14.3 Å². The lowest BCUT2D eigenvalue weighted by Gasteiger charge is -2.33. The Morgan fingerprint density at radius 2 is 2.05 bits per heavy atom. The molecule has 114 valence electrons. The van der Waals surface area contributed by atoms with Crippen LogP contribution in [0.1, 0.15) is 25.7 Å². The van der Waals surface area contributed by atoms with Crippen molar-refractivity contribution in [2.45, 2.75) is 31.7 Å². The summed E-state index contributed by atoms with van der Waals surface area (Å²) in [6, 6.07) is 0.176. The smallest absolute Gasteiger partial charge is 0.246 e. The van der Waals surface area contributed by atoms with Gasteiger partial charge in [-0.25, -0.2) is 0 Å². The van der Waals surface area contributed by atoms with Crippen LogP contribution in [-0.4, -0.2) is 62.7 Å². The summed E-state index contributed by atoms with van der Waals surface area (Å²) < 4.78 is 4.80. The van der Waals surface area contributed by atoms with Gasteiger partial charge in [-0.05, 0) is 38.3 Å². The van der Waals surface area contributed by atoms with E-state index >= 15 is 0 Å². The van der Waals surface area contributed by atoms with Crippen molar-refractivity contribution >= 4 is 11.8 Å². The van der Waals surface area contributed by atoms with Crippen LogP contribution in [0.15, 0.2) is 0 Å². The third kappa shape index (κ3) is 4.45. The van der Waals surface area contributed by atoms with Gasteiger partial charge in [0.2, 0.25) is 11.8 Å². The van der Waals surface area contributed by atoms with Crippen molar-refractivity contribution in [3.05, 3.63) is 0 Å². The lowest BCUT2D eigenvalue weighted by Crippen LogP contribution is -2.47. The molecule has 2 fully saturated rings. The van der Waals surface area contributed by atoms with Gasteiger partial charge in [-0.3, -0.25) is 9.59 Å². The summed E-state index contributed by atoms with van der Waals surface area (Å²) >= 11 is 0. The Balaban J connectivity index is 1.67. The van der Waals surface area contributed by atoms with Gasteiger partial charge < -0.3 is 20.3 Å². The van der Waals surface area contributed by atoms with E-state index in [-0.39, 0.29) is 24.5 Å². The van der Waals surface area contributed by atoms with E-state index in [1.165, 1.54) is 7.11 Å². The second kappa shape index (κ2) is 7.59. The summed E-state index contributed by atoms with van der Waals surface area (Å²) in [5.74, 6) is 0.691. The largest absolute Gasteiger partial charge is 0.375 e. The van der Waals surface area contributed by atoms with Crippen LogP contribution < -0.4 is 10.6 Å². The fourth-order valence-electron chi connectivity index (χ4n) is 2.94. The van der Waals surface area contributed by atoms with Gasteiger partial charge in [0.25, 0.3) is 0 Å². The van der Waals surface area contributed by atoms with Gasteiger partial charge >= 0.3 is 0 Å². The van der Waals surface area contributed by atoms with E-state index in [1.807, 2.05) is 4.90 Å². The molecule has 6 nitrogen and oxygen atoms in total. The number of nitrogens with zero attached hydrogens (tertiary/aromatic N) is 1. The van der Waals surface area contributed by atoms with Crippen molar-refractivity contribution in [2.75, 3.05) is 39.9 Å². The number of carbonyl (C=O) groups is 2. The maximum Gasteiger partial charge on any atom is 0.246 e. The number of hydrogen-bond acceptors (Lipinski definition) is 4. The molecular formula is C14H25N3O3. The predicted molar refractivity (Wildman–Crippen MR) is 75.2 cm³/mol. The highest BCUT2D eigenvalue weighted by molar-refractivity contribution is 5.78. The average Bonchev–Trinajstić information content (AvgIpc) is 2.92. The summed E-state index contributed by atoms with van der Waals surface area (Å²) in [4.78, 5) is 25.6. The van der Waals surface area contributed by atoms with Crippen molar-refractivity contribution in [3.8, 4) is 0 Å². The van der Waals surface area contributed by atoms with Gasteiger partial charge in [-0.15, -0.1) is 0 Å². The fraction of sp³-hybridized carbons (Fsp3) is 0.857. The summed E-state index contributed by atoms with van der Waals surface area (Å²) in [6.07, 6.45) is 3.44. The molecule has 0 bridgehead atoms. The standard InChI is InChI=1S/C14H25N3O3/c1-20-10-13(18)16-12-3-6-17(7-4-12)14(19)8-11-2-5-15-9-11/h11-12,15H,2-10H2,1H3,(H,16,18). The molecule has 2 saturated heterocycles. The van der Waals surface area contributed by atoms with E-state index in [9.17, 15) is 9.59 Å². The number of hydrogen-bond donors (Lipinski definition) is 2. The number of nitrogens with one attached hydrogen (secondary N) is 2. The Hall–Kier alpha value is -1.14. The quantitative estimate of drug-likeness (QED) is 0.729. The molecule has 2 aliphatic heterocycles. The zero-order chi connectivity index (χ0) is 14.4. The highest BCUT2D eigenvalue weighted by Crippen LogP contribution is 2.17. The van der Waals surface area contributed by atoms with E-state index in [1.54, 1.807) is 0 Å². The summed E-state index contributed by atoms with van der Waals surface area (Å²) in [5.41, 5.74) is 0. The number of carbonyl (C=O) groups excluding carboxylic acids is 2. The van der Waals surface area contributed by atoms with Gasteiger partial charge in [0.1, 0.15) is 6.61 Å². The Bertz CT molecular complexity index is 335. The summed E-state index contributed by atoms with van der Waals surface area (Å²) in [6.45, 7) is 3.60. The first-order valence-corrected chi connectivity index (χ1v) is 7.46. The zero-order valence-corrected chi connectivity index (χ0v) is 12.2. The number of methoxy groups -OCH3 is 1. The van der Waals surface area contributed by atoms with E-state index in [4.69, 9.17) is 4.74 Å². The van der Waals surface area contributed by atoms with E-state index in [2.05, 4.69) is 10.6 Å².